The lowest BCUT2D eigenvalue weighted by molar-refractivity contribution is -0.388. The summed E-state index contributed by atoms with van der Waals surface area (Å²) in [6, 6.07) is 13.6. The minimum Gasteiger partial charge on any atom is -0.258 e. The fourth-order valence-corrected chi connectivity index (χ4v) is 4.52. The van der Waals surface area contributed by atoms with Gasteiger partial charge in [0.1, 0.15) is 0 Å². The molecule has 0 amide bonds. The Labute approximate surface area is 151 Å². The fraction of sp³-hybridized carbons (Fsp3) is 0.294. The van der Waals surface area contributed by atoms with Crippen molar-refractivity contribution in [2.75, 3.05) is 0 Å². The first kappa shape index (κ1) is 19.4. The van der Waals surface area contributed by atoms with Gasteiger partial charge in [-0.1, -0.05) is 30.3 Å². The first-order valence-electron chi connectivity index (χ1n) is 7.58. The van der Waals surface area contributed by atoms with Crippen molar-refractivity contribution >= 4 is 27.5 Å². The van der Waals surface area contributed by atoms with Gasteiger partial charge in [-0.15, -0.1) is 11.8 Å². The molecule has 0 heterocycles. The van der Waals surface area contributed by atoms with Crippen LogP contribution in [0.1, 0.15) is 26.3 Å². The highest BCUT2D eigenvalue weighted by molar-refractivity contribution is 7.98. The van der Waals surface area contributed by atoms with Gasteiger partial charge >= 0.3 is 0 Å². The van der Waals surface area contributed by atoms with Gasteiger partial charge < -0.3 is 0 Å². The Bertz CT molecular complexity index is 860. The zero-order chi connectivity index (χ0) is 18.7. The lowest BCUT2D eigenvalue weighted by Crippen LogP contribution is -2.40. The third-order valence-corrected chi connectivity index (χ3v) is 6.00. The summed E-state index contributed by atoms with van der Waals surface area (Å²) in [5, 5.41) is 11.4. The maximum absolute atomic E-state index is 12.4. The van der Waals surface area contributed by atoms with Crippen LogP contribution in [0.4, 0.5) is 5.69 Å². The Morgan fingerprint density at radius 2 is 1.76 bits per heavy atom. The summed E-state index contributed by atoms with van der Waals surface area (Å²) in [5.41, 5.74) is 0.152. The average molecular weight is 380 g/mol. The molecule has 0 spiro atoms. The third-order valence-electron chi connectivity index (χ3n) is 3.12. The van der Waals surface area contributed by atoms with E-state index in [1.54, 1.807) is 20.8 Å². The summed E-state index contributed by atoms with van der Waals surface area (Å²) in [4.78, 5) is 11.1. The predicted molar refractivity (Wildman–Crippen MR) is 99.2 cm³/mol. The van der Waals surface area contributed by atoms with Crippen LogP contribution in [0, 0.1) is 10.1 Å². The number of nitrogens with zero attached hydrogens (tertiary/aromatic N) is 1. The Kier molecular flexibility index (Phi) is 5.87. The first-order chi connectivity index (χ1) is 11.6. The van der Waals surface area contributed by atoms with Crippen molar-refractivity contribution in [2.45, 2.75) is 41.9 Å². The van der Waals surface area contributed by atoms with Crippen LogP contribution in [0.15, 0.2) is 58.3 Å². The van der Waals surface area contributed by atoms with E-state index in [9.17, 15) is 18.5 Å². The number of nitro benzene ring substituents is 1. The van der Waals surface area contributed by atoms with Gasteiger partial charge in [0, 0.05) is 17.4 Å². The van der Waals surface area contributed by atoms with E-state index in [-0.39, 0.29) is 10.6 Å². The lowest BCUT2D eigenvalue weighted by Gasteiger charge is -2.20. The van der Waals surface area contributed by atoms with Crippen molar-refractivity contribution in [3.63, 3.8) is 0 Å². The molecular weight excluding hydrogens is 360 g/mol. The minimum absolute atomic E-state index is 0.113. The molecular formula is C17H20N2O4S2. The van der Waals surface area contributed by atoms with Crippen molar-refractivity contribution in [3.8, 4) is 0 Å². The SMILES string of the molecule is CC(C)(C)NS(=O)(=O)c1ccc(SCc2ccccc2)c([N+](=O)[O-])c1. The van der Waals surface area contributed by atoms with Crippen LogP contribution in [0.25, 0.3) is 0 Å². The van der Waals surface area contributed by atoms with Crippen LogP contribution in [0.2, 0.25) is 0 Å². The van der Waals surface area contributed by atoms with E-state index in [2.05, 4.69) is 4.72 Å². The summed E-state index contributed by atoms with van der Waals surface area (Å²) < 4.78 is 27.2. The molecule has 0 atom stereocenters. The molecule has 2 rings (SSSR count). The van der Waals surface area contributed by atoms with Gasteiger partial charge in [0.05, 0.1) is 14.7 Å². The molecule has 6 nitrogen and oxygen atoms in total. The van der Waals surface area contributed by atoms with Gasteiger partial charge in [-0.25, -0.2) is 13.1 Å². The van der Waals surface area contributed by atoms with Gasteiger partial charge in [0.15, 0.2) is 0 Å². The molecule has 8 heteroatoms. The Morgan fingerprint density at radius 3 is 2.32 bits per heavy atom. The largest absolute Gasteiger partial charge is 0.284 e. The number of hydrogen-bond donors (Lipinski definition) is 1. The molecule has 2 aromatic carbocycles. The average Bonchev–Trinajstić information content (AvgIpc) is 2.51. The molecule has 0 bridgehead atoms. The Morgan fingerprint density at radius 1 is 1.12 bits per heavy atom. The molecule has 2 aromatic rings. The quantitative estimate of drug-likeness (QED) is 0.465. The zero-order valence-electron chi connectivity index (χ0n) is 14.2. The van der Waals surface area contributed by atoms with Crippen molar-refractivity contribution in [1.29, 1.82) is 0 Å². The second kappa shape index (κ2) is 7.55. The number of benzene rings is 2. The summed E-state index contributed by atoms with van der Waals surface area (Å²) in [7, 11) is -3.82. The second-order valence-corrected chi connectivity index (χ2v) is 9.22. The molecule has 0 aromatic heterocycles. The van der Waals surface area contributed by atoms with E-state index in [1.807, 2.05) is 30.3 Å². The van der Waals surface area contributed by atoms with Crippen molar-refractivity contribution < 1.29 is 13.3 Å². The summed E-state index contributed by atoms with van der Waals surface area (Å²) >= 11 is 1.30. The molecule has 0 aliphatic rings. The first-order valence-corrected chi connectivity index (χ1v) is 10.0. The number of hydrogen-bond acceptors (Lipinski definition) is 5. The van der Waals surface area contributed by atoms with Crippen LogP contribution in [-0.2, 0) is 15.8 Å². The molecule has 134 valence electrons. The van der Waals surface area contributed by atoms with E-state index in [0.717, 1.165) is 11.6 Å². The molecule has 0 unspecified atom stereocenters. The van der Waals surface area contributed by atoms with Crippen LogP contribution < -0.4 is 4.72 Å². The van der Waals surface area contributed by atoms with E-state index in [4.69, 9.17) is 0 Å². The standard InChI is InChI=1S/C17H20N2O4S2/c1-17(2,3)18-25(22,23)14-9-10-16(15(11-14)19(20)21)24-12-13-7-5-4-6-8-13/h4-11,18H,12H2,1-3H3. The summed E-state index contributed by atoms with van der Waals surface area (Å²) in [6.45, 7) is 5.13. The van der Waals surface area contributed by atoms with Crippen LogP contribution in [0.5, 0.6) is 0 Å². The van der Waals surface area contributed by atoms with E-state index < -0.39 is 20.5 Å². The molecule has 0 aliphatic heterocycles. The van der Waals surface area contributed by atoms with E-state index >= 15 is 0 Å². The van der Waals surface area contributed by atoms with Crippen molar-refractivity contribution in [3.05, 3.63) is 64.2 Å². The molecule has 25 heavy (non-hydrogen) atoms. The van der Waals surface area contributed by atoms with Crippen LogP contribution in [0.3, 0.4) is 0 Å². The fourth-order valence-electron chi connectivity index (χ4n) is 2.13. The van der Waals surface area contributed by atoms with E-state index in [1.165, 1.54) is 23.9 Å². The molecule has 0 saturated carbocycles. The third kappa shape index (κ3) is 5.55. The summed E-state index contributed by atoms with van der Waals surface area (Å²) in [5.74, 6) is 0.564. The van der Waals surface area contributed by atoms with Crippen molar-refractivity contribution in [2.24, 2.45) is 0 Å². The highest BCUT2D eigenvalue weighted by Crippen LogP contribution is 2.33. The smallest absolute Gasteiger partial charge is 0.258 e. The molecule has 0 fully saturated rings. The van der Waals surface area contributed by atoms with E-state index in [0.29, 0.717) is 10.6 Å². The van der Waals surface area contributed by atoms with Gasteiger partial charge in [-0.2, -0.15) is 0 Å². The van der Waals surface area contributed by atoms with Crippen LogP contribution >= 0.6 is 11.8 Å². The zero-order valence-corrected chi connectivity index (χ0v) is 15.9. The summed E-state index contributed by atoms with van der Waals surface area (Å²) in [6.07, 6.45) is 0. The lowest BCUT2D eigenvalue weighted by atomic mass is 10.1. The highest BCUT2D eigenvalue weighted by atomic mass is 32.2. The number of sulfonamides is 1. The van der Waals surface area contributed by atoms with Crippen molar-refractivity contribution in [1.82, 2.24) is 4.72 Å². The molecule has 0 radical (unpaired) electrons. The highest BCUT2D eigenvalue weighted by Gasteiger charge is 2.25. The van der Waals surface area contributed by atoms with Gasteiger partial charge in [0.2, 0.25) is 10.0 Å². The normalized spacial score (nSPS) is 12.1. The predicted octanol–water partition coefficient (Wildman–Crippen LogP) is 3.96. The number of nitrogens with one attached hydrogen (secondary N) is 1. The Balaban J connectivity index is 2.30. The molecule has 1 N–H and O–H groups in total. The topological polar surface area (TPSA) is 89.3 Å². The number of thioether (sulfide) groups is 1. The minimum atomic E-state index is -3.82. The Hall–Kier alpha value is -1.90. The molecule has 0 saturated heterocycles. The van der Waals surface area contributed by atoms with Gasteiger partial charge in [-0.05, 0) is 38.5 Å². The van der Waals surface area contributed by atoms with Gasteiger partial charge in [0.25, 0.3) is 5.69 Å². The number of nitro groups is 1. The maximum atomic E-state index is 12.4. The van der Waals surface area contributed by atoms with Crippen LogP contribution in [-0.4, -0.2) is 18.9 Å². The molecule has 0 aliphatic carbocycles. The monoisotopic (exact) mass is 380 g/mol. The maximum Gasteiger partial charge on any atom is 0.284 e. The van der Waals surface area contributed by atoms with Gasteiger partial charge in [-0.3, -0.25) is 10.1 Å². The number of rotatable bonds is 6. The second-order valence-electron chi connectivity index (χ2n) is 6.52.